The molecule has 26 heavy (non-hydrogen) atoms. The Morgan fingerprint density at radius 2 is 2.19 bits per heavy atom. The number of fused-ring (bicyclic) bond motifs is 1. The quantitative estimate of drug-likeness (QED) is 0.731. The highest BCUT2D eigenvalue weighted by molar-refractivity contribution is 5.74. The lowest BCUT2D eigenvalue weighted by molar-refractivity contribution is 0.200. The fourth-order valence-electron chi connectivity index (χ4n) is 2.76. The van der Waals surface area contributed by atoms with E-state index in [1.54, 1.807) is 24.5 Å². The molecule has 0 saturated carbocycles. The number of amides is 2. The summed E-state index contributed by atoms with van der Waals surface area (Å²) in [6.45, 7) is 6.50. The molecule has 3 heterocycles. The van der Waals surface area contributed by atoms with E-state index in [9.17, 15) is 4.79 Å². The van der Waals surface area contributed by atoms with Crippen molar-refractivity contribution in [3.8, 4) is 0 Å². The molecule has 2 amide bonds. The molecule has 0 aromatic carbocycles. The zero-order chi connectivity index (χ0) is 18.7. The van der Waals surface area contributed by atoms with Gasteiger partial charge in [-0.2, -0.15) is 0 Å². The molecule has 0 bridgehead atoms. The molecular formula is C17H24N8O. The summed E-state index contributed by atoms with van der Waals surface area (Å²) < 4.78 is 3.80. The fraction of sp³-hybridized carbons (Fsp3) is 0.471. The molecule has 3 aromatic heterocycles. The van der Waals surface area contributed by atoms with Gasteiger partial charge < -0.3 is 14.8 Å². The number of imidazole rings is 1. The van der Waals surface area contributed by atoms with Crippen LogP contribution in [0.1, 0.15) is 50.8 Å². The van der Waals surface area contributed by atoms with Gasteiger partial charge in [-0.1, -0.05) is 6.92 Å². The molecular weight excluding hydrogens is 332 g/mol. The van der Waals surface area contributed by atoms with Gasteiger partial charge in [-0.25, -0.2) is 14.8 Å². The van der Waals surface area contributed by atoms with Crippen LogP contribution in [0.3, 0.4) is 0 Å². The van der Waals surface area contributed by atoms with E-state index < -0.39 is 0 Å². The summed E-state index contributed by atoms with van der Waals surface area (Å²) in [7, 11) is 1.74. The van der Waals surface area contributed by atoms with Crippen LogP contribution in [0.2, 0.25) is 0 Å². The summed E-state index contributed by atoms with van der Waals surface area (Å²) in [4.78, 5) is 22.9. The lowest BCUT2D eigenvalue weighted by atomic mass is 10.2. The molecule has 138 valence electrons. The smallest absolute Gasteiger partial charge is 0.318 e. The van der Waals surface area contributed by atoms with Gasteiger partial charge in [-0.15, -0.1) is 10.2 Å². The maximum absolute atomic E-state index is 12.6. The van der Waals surface area contributed by atoms with Crippen molar-refractivity contribution in [1.82, 2.24) is 39.3 Å². The van der Waals surface area contributed by atoms with Gasteiger partial charge in [-0.05, 0) is 26.3 Å². The largest absolute Gasteiger partial charge is 0.330 e. The Kier molecular flexibility index (Phi) is 5.15. The first-order chi connectivity index (χ1) is 12.5. The number of urea groups is 1. The van der Waals surface area contributed by atoms with Gasteiger partial charge in [-0.3, -0.25) is 4.40 Å². The minimum Gasteiger partial charge on any atom is -0.330 e. The summed E-state index contributed by atoms with van der Waals surface area (Å²) in [5, 5.41) is 11.1. The van der Waals surface area contributed by atoms with E-state index in [1.807, 2.05) is 34.4 Å². The summed E-state index contributed by atoms with van der Waals surface area (Å²) in [5.41, 5.74) is 0.790. The SMILES string of the molecule is CCC(NC(=O)N(C)Cc1nncn1C(C)C)c1cn2cccnc2n1. The molecule has 3 aromatic rings. The van der Waals surface area contributed by atoms with Crippen LogP contribution in [0.5, 0.6) is 0 Å². The standard InChI is InChI=1S/C17H24N8O/c1-5-13(14-9-24-8-6-7-18-16(24)20-14)21-17(26)23(4)10-15-22-19-11-25(15)12(2)3/h6-9,11-13H,5,10H2,1-4H3,(H,21,26). The Hall–Kier alpha value is -2.97. The van der Waals surface area contributed by atoms with Gasteiger partial charge in [0.15, 0.2) is 5.82 Å². The Morgan fingerprint density at radius 3 is 2.88 bits per heavy atom. The monoisotopic (exact) mass is 356 g/mol. The van der Waals surface area contributed by atoms with Crippen LogP contribution in [-0.2, 0) is 6.54 Å². The van der Waals surface area contributed by atoms with Crippen LogP contribution in [0.15, 0.2) is 31.0 Å². The van der Waals surface area contributed by atoms with E-state index in [-0.39, 0.29) is 18.1 Å². The van der Waals surface area contributed by atoms with Gasteiger partial charge >= 0.3 is 6.03 Å². The molecule has 3 rings (SSSR count). The predicted molar refractivity (Wildman–Crippen MR) is 96.4 cm³/mol. The Morgan fingerprint density at radius 1 is 1.38 bits per heavy atom. The number of nitrogens with zero attached hydrogens (tertiary/aromatic N) is 7. The average molecular weight is 356 g/mol. The molecule has 1 atom stereocenters. The fourth-order valence-corrected chi connectivity index (χ4v) is 2.76. The maximum atomic E-state index is 12.6. The molecule has 0 radical (unpaired) electrons. The van der Waals surface area contributed by atoms with E-state index in [0.717, 1.165) is 17.9 Å². The molecule has 0 aliphatic carbocycles. The average Bonchev–Trinajstić information content (AvgIpc) is 3.25. The van der Waals surface area contributed by atoms with Crippen LogP contribution in [0.25, 0.3) is 5.78 Å². The first-order valence-corrected chi connectivity index (χ1v) is 8.69. The number of aromatic nitrogens is 6. The van der Waals surface area contributed by atoms with Crippen LogP contribution in [0.4, 0.5) is 4.79 Å². The van der Waals surface area contributed by atoms with Gasteiger partial charge in [0, 0.05) is 31.7 Å². The zero-order valence-corrected chi connectivity index (χ0v) is 15.5. The predicted octanol–water partition coefficient (Wildman–Crippen LogP) is 2.19. The highest BCUT2D eigenvalue weighted by Gasteiger charge is 2.20. The van der Waals surface area contributed by atoms with Crippen molar-refractivity contribution in [3.63, 3.8) is 0 Å². The third kappa shape index (κ3) is 3.66. The van der Waals surface area contributed by atoms with Crippen molar-refractivity contribution < 1.29 is 4.79 Å². The summed E-state index contributed by atoms with van der Waals surface area (Å²) in [5.74, 6) is 1.37. The molecule has 0 fully saturated rings. The number of carbonyl (C=O) groups excluding carboxylic acids is 1. The van der Waals surface area contributed by atoms with E-state index in [1.165, 1.54) is 0 Å². The molecule has 0 aliphatic rings. The molecule has 9 heteroatoms. The van der Waals surface area contributed by atoms with Crippen LogP contribution in [0, 0.1) is 0 Å². The second kappa shape index (κ2) is 7.51. The Labute approximate surface area is 152 Å². The number of nitrogens with one attached hydrogen (secondary N) is 1. The van der Waals surface area contributed by atoms with Crippen molar-refractivity contribution in [2.75, 3.05) is 7.05 Å². The lowest BCUT2D eigenvalue weighted by Crippen LogP contribution is -2.39. The number of carbonyl (C=O) groups is 1. The molecule has 0 saturated heterocycles. The summed E-state index contributed by atoms with van der Waals surface area (Å²) in [6.07, 6.45) is 7.89. The van der Waals surface area contributed by atoms with Crippen molar-refractivity contribution in [2.24, 2.45) is 0 Å². The minimum atomic E-state index is -0.186. The Balaban J connectivity index is 1.69. The second-order valence-electron chi connectivity index (χ2n) is 6.51. The van der Waals surface area contributed by atoms with Gasteiger partial charge in [0.05, 0.1) is 18.3 Å². The molecule has 0 spiro atoms. The molecule has 1 N–H and O–H groups in total. The summed E-state index contributed by atoms with van der Waals surface area (Å²) >= 11 is 0. The number of hydrogen-bond acceptors (Lipinski definition) is 5. The van der Waals surface area contributed by atoms with Crippen molar-refractivity contribution >= 4 is 11.8 Å². The summed E-state index contributed by atoms with van der Waals surface area (Å²) in [6, 6.07) is 1.72. The number of rotatable bonds is 6. The van der Waals surface area contributed by atoms with Crippen LogP contribution >= 0.6 is 0 Å². The number of hydrogen-bond donors (Lipinski definition) is 1. The Bertz CT molecular complexity index is 851. The minimum absolute atomic E-state index is 0.180. The lowest BCUT2D eigenvalue weighted by Gasteiger charge is -2.22. The van der Waals surface area contributed by atoms with Crippen LogP contribution in [-0.4, -0.2) is 47.1 Å². The molecule has 1 unspecified atom stereocenters. The molecule has 9 nitrogen and oxygen atoms in total. The van der Waals surface area contributed by atoms with E-state index >= 15 is 0 Å². The third-order valence-electron chi connectivity index (χ3n) is 4.25. The second-order valence-corrected chi connectivity index (χ2v) is 6.51. The normalized spacial score (nSPS) is 12.5. The topological polar surface area (TPSA) is 93.2 Å². The van der Waals surface area contributed by atoms with Gasteiger partial charge in [0.2, 0.25) is 5.78 Å². The van der Waals surface area contributed by atoms with Crippen molar-refractivity contribution in [1.29, 1.82) is 0 Å². The van der Waals surface area contributed by atoms with Crippen molar-refractivity contribution in [2.45, 2.75) is 45.8 Å². The van der Waals surface area contributed by atoms with Gasteiger partial charge in [0.1, 0.15) is 6.33 Å². The zero-order valence-electron chi connectivity index (χ0n) is 15.5. The van der Waals surface area contributed by atoms with E-state index in [4.69, 9.17) is 0 Å². The first-order valence-electron chi connectivity index (χ1n) is 8.69. The molecule has 0 aliphatic heterocycles. The van der Waals surface area contributed by atoms with E-state index in [0.29, 0.717) is 12.3 Å². The highest BCUT2D eigenvalue weighted by Crippen LogP contribution is 2.16. The maximum Gasteiger partial charge on any atom is 0.318 e. The first kappa shape index (κ1) is 17.8. The van der Waals surface area contributed by atoms with E-state index in [2.05, 4.69) is 39.3 Å². The highest BCUT2D eigenvalue weighted by atomic mass is 16.2. The van der Waals surface area contributed by atoms with Crippen LogP contribution < -0.4 is 5.32 Å². The van der Waals surface area contributed by atoms with Crippen molar-refractivity contribution in [3.05, 3.63) is 42.5 Å². The van der Waals surface area contributed by atoms with Gasteiger partial charge in [0.25, 0.3) is 0 Å². The third-order valence-corrected chi connectivity index (χ3v) is 4.25.